The first-order chi connectivity index (χ1) is 7.23. The fourth-order valence-corrected chi connectivity index (χ4v) is 1.69. The van der Waals surface area contributed by atoms with Crippen LogP contribution in [0.15, 0.2) is 0 Å². The van der Waals surface area contributed by atoms with E-state index < -0.39 is 11.6 Å². The van der Waals surface area contributed by atoms with Gasteiger partial charge in [-0.1, -0.05) is 0 Å². The van der Waals surface area contributed by atoms with Gasteiger partial charge in [-0.3, -0.25) is 9.59 Å². The van der Waals surface area contributed by atoms with Crippen molar-refractivity contribution in [3.8, 4) is 0 Å². The summed E-state index contributed by atoms with van der Waals surface area (Å²) in [6.07, 6.45) is 0.666. The van der Waals surface area contributed by atoms with Crippen molar-refractivity contribution in [1.29, 1.82) is 0 Å². The van der Waals surface area contributed by atoms with Gasteiger partial charge in [-0.15, -0.1) is 0 Å². The van der Waals surface area contributed by atoms with Gasteiger partial charge < -0.3 is 16.0 Å². The molecule has 1 aliphatic heterocycles. The van der Waals surface area contributed by atoms with Crippen LogP contribution in [-0.4, -0.2) is 40.9 Å². The summed E-state index contributed by atoms with van der Waals surface area (Å²) in [5, 5.41) is 2.70. The molecular weight excluding hydrogens is 206 g/mol. The molecule has 0 aromatic heterocycles. The van der Waals surface area contributed by atoms with Gasteiger partial charge in [0.25, 0.3) is 0 Å². The third-order valence-corrected chi connectivity index (χ3v) is 2.75. The van der Waals surface area contributed by atoms with Crippen molar-refractivity contribution >= 4 is 11.8 Å². The maximum Gasteiger partial charge on any atom is 0.245 e. The van der Waals surface area contributed by atoms with Gasteiger partial charge in [0, 0.05) is 12.6 Å². The highest BCUT2D eigenvalue weighted by molar-refractivity contribution is 5.92. The van der Waals surface area contributed by atoms with Gasteiger partial charge >= 0.3 is 0 Å². The Bertz CT molecular complexity index is 294. The van der Waals surface area contributed by atoms with Crippen molar-refractivity contribution in [1.82, 2.24) is 10.2 Å². The summed E-state index contributed by atoms with van der Waals surface area (Å²) in [6, 6.07) is -0.224. The average molecular weight is 227 g/mol. The Kier molecular flexibility index (Phi) is 3.57. The number of nitrogens with one attached hydrogen (secondary N) is 1. The molecule has 3 N–H and O–H groups in total. The van der Waals surface area contributed by atoms with Crippen molar-refractivity contribution in [3.05, 3.63) is 0 Å². The van der Waals surface area contributed by atoms with Crippen LogP contribution in [0.4, 0.5) is 0 Å². The largest absolute Gasteiger partial charge is 0.343 e. The Morgan fingerprint density at radius 2 is 2.12 bits per heavy atom. The van der Waals surface area contributed by atoms with E-state index in [1.165, 1.54) is 0 Å². The molecule has 1 aliphatic rings. The summed E-state index contributed by atoms with van der Waals surface area (Å²) in [5.74, 6) is -0.288. The second-order valence-corrected chi connectivity index (χ2v) is 5.16. The highest BCUT2D eigenvalue weighted by Crippen LogP contribution is 2.14. The van der Waals surface area contributed by atoms with Crippen LogP contribution in [0.5, 0.6) is 0 Å². The summed E-state index contributed by atoms with van der Waals surface area (Å²) in [5.41, 5.74) is 4.72. The fourth-order valence-electron chi connectivity index (χ4n) is 1.69. The Morgan fingerprint density at radius 1 is 1.56 bits per heavy atom. The van der Waals surface area contributed by atoms with E-state index in [0.717, 1.165) is 0 Å². The number of hydrogen-bond acceptors (Lipinski definition) is 3. The van der Waals surface area contributed by atoms with Crippen LogP contribution in [0.25, 0.3) is 0 Å². The smallest absolute Gasteiger partial charge is 0.245 e. The van der Waals surface area contributed by atoms with Crippen LogP contribution in [0.3, 0.4) is 0 Å². The van der Waals surface area contributed by atoms with E-state index in [2.05, 4.69) is 5.32 Å². The molecule has 1 rings (SSSR count). The molecule has 1 heterocycles. The van der Waals surface area contributed by atoms with E-state index >= 15 is 0 Å². The van der Waals surface area contributed by atoms with Crippen molar-refractivity contribution in [2.75, 3.05) is 6.54 Å². The summed E-state index contributed by atoms with van der Waals surface area (Å²) in [4.78, 5) is 25.3. The number of nitrogens with zero attached hydrogens (tertiary/aromatic N) is 1. The molecule has 16 heavy (non-hydrogen) atoms. The number of amides is 2. The van der Waals surface area contributed by atoms with Gasteiger partial charge in [-0.25, -0.2) is 0 Å². The van der Waals surface area contributed by atoms with Crippen molar-refractivity contribution < 1.29 is 9.59 Å². The summed E-state index contributed by atoms with van der Waals surface area (Å²) in [7, 11) is 0. The normalized spacial score (nSPS) is 21.8. The highest BCUT2D eigenvalue weighted by atomic mass is 16.2. The number of likely N-dealkylation sites (tertiary alicyclic amines) is 1. The monoisotopic (exact) mass is 227 g/mol. The maximum atomic E-state index is 11.9. The Morgan fingerprint density at radius 3 is 2.50 bits per heavy atom. The fraction of sp³-hybridized carbons (Fsp3) is 0.818. The van der Waals surface area contributed by atoms with Gasteiger partial charge in [0.2, 0.25) is 11.8 Å². The topological polar surface area (TPSA) is 75.4 Å². The maximum absolute atomic E-state index is 11.9. The molecule has 0 spiro atoms. The van der Waals surface area contributed by atoms with E-state index in [0.29, 0.717) is 13.0 Å². The number of hydrogen-bond donors (Lipinski definition) is 2. The number of rotatable bonds is 3. The first kappa shape index (κ1) is 13.0. The Labute approximate surface area is 96.4 Å². The number of carbonyl (C=O) groups excluding carboxylic acids is 2. The molecule has 5 heteroatoms. The van der Waals surface area contributed by atoms with Crippen LogP contribution < -0.4 is 11.1 Å². The predicted molar refractivity (Wildman–Crippen MR) is 61.7 cm³/mol. The SMILES string of the molecule is CC(C)N1CCC(NC(=O)C(C)(C)N)C1=O. The zero-order valence-electron chi connectivity index (χ0n) is 10.4. The van der Waals surface area contributed by atoms with E-state index in [-0.39, 0.29) is 17.9 Å². The second kappa shape index (κ2) is 4.41. The summed E-state index contributed by atoms with van der Waals surface area (Å²) < 4.78 is 0. The van der Waals surface area contributed by atoms with Crippen LogP contribution in [0.1, 0.15) is 34.1 Å². The number of carbonyl (C=O) groups is 2. The van der Waals surface area contributed by atoms with E-state index in [1.54, 1.807) is 18.7 Å². The molecule has 0 aliphatic carbocycles. The van der Waals surface area contributed by atoms with Gasteiger partial charge in [0.1, 0.15) is 6.04 Å². The molecular formula is C11H21N3O2. The van der Waals surface area contributed by atoms with Gasteiger partial charge in [-0.05, 0) is 34.1 Å². The molecule has 2 amide bonds. The quantitative estimate of drug-likeness (QED) is 0.704. The molecule has 0 saturated carbocycles. The molecule has 0 bridgehead atoms. The minimum absolute atomic E-state index is 0.00685. The first-order valence-electron chi connectivity index (χ1n) is 5.64. The predicted octanol–water partition coefficient (Wildman–Crippen LogP) is -0.151. The highest BCUT2D eigenvalue weighted by Gasteiger charge is 2.35. The standard InChI is InChI=1S/C11H21N3O2/c1-7(2)14-6-5-8(9(14)15)13-10(16)11(3,4)12/h7-8H,5-6,12H2,1-4H3,(H,13,16). The lowest BCUT2D eigenvalue weighted by Crippen LogP contribution is -2.54. The number of nitrogens with two attached hydrogens (primary N) is 1. The van der Waals surface area contributed by atoms with E-state index in [9.17, 15) is 9.59 Å². The van der Waals surface area contributed by atoms with E-state index in [1.807, 2.05) is 13.8 Å². The zero-order valence-corrected chi connectivity index (χ0v) is 10.4. The molecule has 1 fully saturated rings. The van der Waals surface area contributed by atoms with Crippen molar-refractivity contribution in [2.24, 2.45) is 5.73 Å². The van der Waals surface area contributed by atoms with Crippen LogP contribution in [-0.2, 0) is 9.59 Å². The Balaban J connectivity index is 2.59. The van der Waals surface area contributed by atoms with Crippen LogP contribution in [0.2, 0.25) is 0 Å². The summed E-state index contributed by atoms with van der Waals surface area (Å²) in [6.45, 7) is 7.89. The van der Waals surface area contributed by atoms with E-state index in [4.69, 9.17) is 5.73 Å². The lowest BCUT2D eigenvalue weighted by atomic mass is 10.1. The molecule has 1 saturated heterocycles. The van der Waals surface area contributed by atoms with Gasteiger partial charge in [-0.2, -0.15) is 0 Å². The minimum atomic E-state index is -0.939. The summed E-state index contributed by atoms with van der Waals surface area (Å²) >= 11 is 0. The molecule has 92 valence electrons. The minimum Gasteiger partial charge on any atom is -0.343 e. The lowest BCUT2D eigenvalue weighted by molar-refractivity contribution is -0.134. The van der Waals surface area contributed by atoms with Crippen LogP contribution >= 0.6 is 0 Å². The third-order valence-electron chi connectivity index (χ3n) is 2.75. The Hall–Kier alpha value is -1.10. The average Bonchev–Trinajstić information content (AvgIpc) is 2.46. The second-order valence-electron chi connectivity index (χ2n) is 5.16. The van der Waals surface area contributed by atoms with Gasteiger partial charge in [0.15, 0.2) is 0 Å². The van der Waals surface area contributed by atoms with Crippen molar-refractivity contribution in [2.45, 2.75) is 51.7 Å². The lowest BCUT2D eigenvalue weighted by Gasteiger charge is -2.23. The van der Waals surface area contributed by atoms with Gasteiger partial charge in [0.05, 0.1) is 5.54 Å². The molecule has 5 nitrogen and oxygen atoms in total. The molecule has 0 radical (unpaired) electrons. The molecule has 1 unspecified atom stereocenters. The first-order valence-corrected chi connectivity index (χ1v) is 5.64. The molecule has 0 aromatic carbocycles. The molecule has 0 aromatic rings. The molecule has 1 atom stereocenters. The third kappa shape index (κ3) is 2.72. The zero-order chi connectivity index (χ0) is 12.5. The van der Waals surface area contributed by atoms with Crippen molar-refractivity contribution in [3.63, 3.8) is 0 Å². The van der Waals surface area contributed by atoms with Crippen LogP contribution in [0, 0.1) is 0 Å².